The number of anilines is 1. The summed E-state index contributed by atoms with van der Waals surface area (Å²) in [5.74, 6) is -0.917. The van der Waals surface area contributed by atoms with E-state index in [2.05, 4.69) is 10.3 Å². The monoisotopic (exact) mass is 385 g/mol. The Kier molecular flexibility index (Phi) is 5.36. The predicted octanol–water partition coefficient (Wildman–Crippen LogP) is 2.89. The highest BCUT2D eigenvalue weighted by atomic mass is 32.1. The minimum atomic E-state index is -0.569. The summed E-state index contributed by atoms with van der Waals surface area (Å²) >= 11 is 1.19. The first kappa shape index (κ1) is 18.8. The first-order valence-electron chi connectivity index (χ1n) is 8.42. The number of ether oxygens (including phenoxy) is 1. The van der Waals surface area contributed by atoms with Crippen LogP contribution in [0.1, 0.15) is 28.4 Å². The van der Waals surface area contributed by atoms with Gasteiger partial charge < -0.3 is 10.1 Å². The van der Waals surface area contributed by atoms with Crippen molar-refractivity contribution in [2.75, 3.05) is 11.9 Å². The summed E-state index contributed by atoms with van der Waals surface area (Å²) in [4.78, 5) is 41.9. The van der Waals surface area contributed by atoms with Crippen molar-refractivity contribution in [1.29, 1.82) is 0 Å². The zero-order valence-corrected chi connectivity index (χ0v) is 16.1. The fourth-order valence-electron chi connectivity index (χ4n) is 2.67. The van der Waals surface area contributed by atoms with Crippen LogP contribution in [-0.2, 0) is 16.1 Å². The molecule has 7 nitrogen and oxygen atoms in total. The Morgan fingerprint density at radius 3 is 2.81 bits per heavy atom. The van der Waals surface area contributed by atoms with Crippen molar-refractivity contribution >= 4 is 39.1 Å². The summed E-state index contributed by atoms with van der Waals surface area (Å²) in [6.45, 7) is 5.58. The van der Waals surface area contributed by atoms with Gasteiger partial charge in [0.05, 0.1) is 23.9 Å². The molecule has 2 heterocycles. The fraction of sp³-hybridized carbons (Fsp3) is 0.263. The molecule has 0 bridgehead atoms. The van der Waals surface area contributed by atoms with Gasteiger partial charge in [0.25, 0.3) is 5.56 Å². The van der Waals surface area contributed by atoms with Crippen LogP contribution in [0, 0.1) is 13.8 Å². The SMILES string of the molecule is CCOC(=O)c1csc2ncn(CC(=O)Nc3cccc(C)c3C)c(=O)c12. The van der Waals surface area contributed by atoms with Gasteiger partial charge in [-0.2, -0.15) is 0 Å². The smallest absolute Gasteiger partial charge is 0.339 e. The molecule has 3 rings (SSSR count). The van der Waals surface area contributed by atoms with Gasteiger partial charge in [0.1, 0.15) is 11.4 Å². The fourth-order valence-corrected chi connectivity index (χ4v) is 3.54. The van der Waals surface area contributed by atoms with Crippen LogP contribution in [0.5, 0.6) is 0 Å². The number of carbonyl (C=O) groups is 2. The molecule has 3 aromatic rings. The summed E-state index contributed by atoms with van der Waals surface area (Å²) in [6.07, 6.45) is 1.32. The van der Waals surface area contributed by atoms with Crippen molar-refractivity contribution in [1.82, 2.24) is 9.55 Å². The standard InChI is InChI=1S/C19H19N3O4S/c1-4-26-19(25)13-9-27-17-16(13)18(24)22(10-20-17)8-15(23)21-14-7-5-6-11(2)12(14)3/h5-7,9-10H,4,8H2,1-3H3,(H,21,23). The van der Waals surface area contributed by atoms with Gasteiger partial charge in [-0.3, -0.25) is 14.2 Å². The molecule has 27 heavy (non-hydrogen) atoms. The zero-order valence-electron chi connectivity index (χ0n) is 15.2. The number of carbonyl (C=O) groups excluding carboxylic acids is 2. The number of thiophene rings is 1. The number of benzene rings is 1. The molecule has 0 radical (unpaired) electrons. The maximum absolute atomic E-state index is 12.8. The number of fused-ring (bicyclic) bond motifs is 1. The molecule has 0 aliphatic carbocycles. The van der Waals surface area contributed by atoms with Gasteiger partial charge in [-0.25, -0.2) is 9.78 Å². The summed E-state index contributed by atoms with van der Waals surface area (Å²) in [5, 5.41) is 4.55. The molecule has 2 aromatic heterocycles. The molecular formula is C19H19N3O4S. The van der Waals surface area contributed by atoms with Crippen molar-refractivity contribution in [2.24, 2.45) is 0 Å². The Morgan fingerprint density at radius 2 is 2.07 bits per heavy atom. The zero-order chi connectivity index (χ0) is 19.6. The van der Waals surface area contributed by atoms with Crippen LogP contribution in [0.15, 0.2) is 34.7 Å². The van der Waals surface area contributed by atoms with Gasteiger partial charge in [-0.05, 0) is 38.0 Å². The van der Waals surface area contributed by atoms with Crippen LogP contribution >= 0.6 is 11.3 Å². The minimum Gasteiger partial charge on any atom is -0.462 e. The maximum atomic E-state index is 12.8. The lowest BCUT2D eigenvalue weighted by Gasteiger charge is -2.11. The predicted molar refractivity (Wildman–Crippen MR) is 104 cm³/mol. The molecule has 0 fully saturated rings. The Bertz CT molecular complexity index is 1080. The number of esters is 1. The number of aromatic nitrogens is 2. The summed E-state index contributed by atoms with van der Waals surface area (Å²) in [5.41, 5.74) is 2.46. The van der Waals surface area contributed by atoms with Crippen molar-refractivity contribution < 1.29 is 14.3 Å². The van der Waals surface area contributed by atoms with E-state index in [1.165, 1.54) is 22.2 Å². The van der Waals surface area contributed by atoms with Crippen LogP contribution < -0.4 is 10.9 Å². The van der Waals surface area contributed by atoms with E-state index in [0.29, 0.717) is 10.5 Å². The second-order valence-corrected chi connectivity index (χ2v) is 6.88. The van der Waals surface area contributed by atoms with E-state index >= 15 is 0 Å². The van der Waals surface area contributed by atoms with Gasteiger partial charge in [0, 0.05) is 11.1 Å². The lowest BCUT2D eigenvalue weighted by molar-refractivity contribution is -0.116. The number of rotatable bonds is 5. The van der Waals surface area contributed by atoms with Crippen LogP contribution in [-0.4, -0.2) is 28.0 Å². The highest BCUT2D eigenvalue weighted by molar-refractivity contribution is 7.17. The molecule has 0 spiro atoms. The number of hydrogen-bond acceptors (Lipinski definition) is 6. The lowest BCUT2D eigenvalue weighted by atomic mass is 10.1. The highest BCUT2D eigenvalue weighted by Gasteiger charge is 2.19. The molecule has 140 valence electrons. The van der Waals surface area contributed by atoms with E-state index in [4.69, 9.17) is 4.74 Å². The molecule has 1 N–H and O–H groups in total. The lowest BCUT2D eigenvalue weighted by Crippen LogP contribution is -2.28. The van der Waals surface area contributed by atoms with Crippen molar-refractivity contribution in [3.8, 4) is 0 Å². The van der Waals surface area contributed by atoms with Gasteiger partial charge in [0.2, 0.25) is 5.91 Å². The van der Waals surface area contributed by atoms with Gasteiger partial charge in [-0.1, -0.05) is 12.1 Å². The Morgan fingerprint density at radius 1 is 1.30 bits per heavy atom. The van der Waals surface area contributed by atoms with Crippen molar-refractivity contribution in [3.63, 3.8) is 0 Å². The Labute approximate surface area is 159 Å². The number of nitrogens with one attached hydrogen (secondary N) is 1. The highest BCUT2D eigenvalue weighted by Crippen LogP contribution is 2.22. The third kappa shape index (κ3) is 3.75. The summed E-state index contributed by atoms with van der Waals surface area (Å²) in [7, 11) is 0. The number of amides is 1. The quantitative estimate of drug-likeness (QED) is 0.682. The molecule has 8 heteroatoms. The van der Waals surface area contributed by atoms with E-state index in [1.807, 2.05) is 32.0 Å². The maximum Gasteiger partial charge on any atom is 0.339 e. The molecule has 0 aliphatic rings. The van der Waals surface area contributed by atoms with Gasteiger partial charge in [-0.15, -0.1) is 11.3 Å². The Balaban J connectivity index is 1.89. The second kappa shape index (κ2) is 7.71. The van der Waals surface area contributed by atoms with Crippen LogP contribution in [0.4, 0.5) is 5.69 Å². The molecule has 1 aromatic carbocycles. The molecule has 0 saturated carbocycles. The van der Waals surface area contributed by atoms with Crippen LogP contribution in [0.25, 0.3) is 10.2 Å². The topological polar surface area (TPSA) is 90.3 Å². The summed E-state index contributed by atoms with van der Waals surface area (Å²) < 4.78 is 6.18. The number of nitrogens with zero attached hydrogens (tertiary/aromatic N) is 2. The van der Waals surface area contributed by atoms with Crippen molar-refractivity contribution in [2.45, 2.75) is 27.3 Å². The average molecular weight is 385 g/mol. The molecule has 0 unspecified atom stereocenters. The van der Waals surface area contributed by atoms with Gasteiger partial charge >= 0.3 is 5.97 Å². The molecule has 0 aliphatic heterocycles. The van der Waals surface area contributed by atoms with Gasteiger partial charge in [0.15, 0.2) is 0 Å². The third-order valence-corrected chi connectivity index (χ3v) is 5.14. The van der Waals surface area contributed by atoms with E-state index in [1.54, 1.807) is 12.3 Å². The first-order chi connectivity index (χ1) is 12.9. The molecule has 0 atom stereocenters. The van der Waals surface area contributed by atoms with Crippen LogP contribution in [0.2, 0.25) is 0 Å². The average Bonchev–Trinajstić information content (AvgIpc) is 3.06. The van der Waals surface area contributed by atoms with E-state index < -0.39 is 11.5 Å². The largest absolute Gasteiger partial charge is 0.462 e. The van der Waals surface area contributed by atoms with E-state index in [-0.39, 0.29) is 30.0 Å². The number of aryl methyl sites for hydroxylation is 1. The number of hydrogen-bond donors (Lipinski definition) is 1. The third-order valence-electron chi connectivity index (χ3n) is 4.25. The van der Waals surface area contributed by atoms with Crippen molar-refractivity contribution in [3.05, 3.63) is 57.0 Å². The van der Waals surface area contributed by atoms with Crippen LogP contribution in [0.3, 0.4) is 0 Å². The van der Waals surface area contributed by atoms with E-state index in [0.717, 1.165) is 11.1 Å². The normalized spacial score (nSPS) is 10.8. The first-order valence-corrected chi connectivity index (χ1v) is 9.30. The molecule has 0 saturated heterocycles. The molecular weight excluding hydrogens is 366 g/mol. The Hall–Kier alpha value is -3.00. The molecule has 1 amide bonds. The summed E-state index contributed by atoms with van der Waals surface area (Å²) in [6, 6.07) is 5.62. The minimum absolute atomic E-state index is 0.179. The second-order valence-electron chi connectivity index (χ2n) is 6.02. The van der Waals surface area contributed by atoms with E-state index in [9.17, 15) is 14.4 Å².